The van der Waals surface area contributed by atoms with Gasteiger partial charge >= 0.3 is 5.97 Å². The molecule has 0 aliphatic heterocycles. The number of benzene rings is 1. The molecule has 0 saturated heterocycles. The molecule has 0 spiro atoms. The van der Waals surface area contributed by atoms with Crippen molar-refractivity contribution in [2.75, 3.05) is 0 Å². The van der Waals surface area contributed by atoms with Crippen molar-refractivity contribution in [2.24, 2.45) is 5.92 Å². The zero-order valence-corrected chi connectivity index (χ0v) is 10.1. The van der Waals surface area contributed by atoms with E-state index in [0.717, 1.165) is 18.4 Å². The van der Waals surface area contributed by atoms with Crippen molar-refractivity contribution < 1.29 is 14.7 Å². The molecule has 0 aliphatic carbocycles. The van der Waals surface area contributed by atoms with Gasteiger partial charge in [-0.25, -0.2) is 0 Å². The highest BCUT2D eigenvalue weighted by Gasteiger charge is 2.15. The van der Waals surface area contributed by atoms with Gasteiger partial charge in [-0.15, -0.1) is 0 Å². The molecule has 1 unspecified atom stereocenters. The van der Waals surface area contributed by atoms with Gasteiger partial charge in [-0.1, -0.05) is 37.6 Å². The highest BCUT2D eigenvalue weighted by atomic mass is 16.4. The molecule has 92 valence electrons. The predicted molar refractivity (Wildman–Crippen MR) is 65.9 cm³/mol. The average Bonchev–Trinajstić information content (AvgIpc) is 2.32. The van der Waals surface area contributed by atoms with E-state index in [-0.39, 0.29) is 0 Å². The highest BCUT2D eigenvalue weighted by molar-refractivity contribution is 5.86. The summed E-state index contributed by atoms with van der Waals surface area (Å²) in [6, 6.07) is 8.15. The van der Waals surface area contributed by atoms with E-state index in [9.17, 15) is 9.59 Å². The fourth-order valence-corrected chi connectivity index (χ4v) is 1.73. The summed E-state index contributed by atoms with van der Waals surface area (Å²) in [6.07, 6.45) is 3.68. The molecule has 3 nitrogen and oxygen atoms in total. The van der Waals surface area contributed by atoms with E-state index in [1.807, 2.05) is 12.1 Å². The molecule has 0 aliphatic rings. The van der Waals surface area contributed by atoms with E-state index >= 15 is 0 Å². The first-order valence-electron chi connectivity index (χ1n) is 5.93. The zero-order chi connectivity index (χ0) is 12.7. The van der Waals surface area contributed by atoms with Crippen LogP contribution in [0.25, 0.3) is 0 Å². The second kappa shape index (κ2) is 6.84. The normalized spacial score (nSPS) is 12.1. The SMILES string of the molecule is CCCc1ccc(CCC(C=O)C(=O)O)cc1. The van der Waals surface area contributed by atoms with E-state index < -0.39 is 11.9 Å². The summed E-state index contributed by atoms with van der Waals surface area (Å²) < 4.78 is 0. The number of aldehydes is 1. The number of aliphatic carboxylic acids is 1. The number of hydrogen-bond donors (Lipinski definition) is 1. The Kier molecular flexibility index (Phi) is 5.40. The van der Waals surface area contributed by atoms with Crippen LogP contribution in [-0.4, -0.2) is 17.4 Å². The monoisotopic (exact) mass is 234 g/mol. The van der Waals surface area contributed by atoms with Gasteiger partial charge in [-0.3, -0.25) is 4.79 Å². The molecule has 0 fully saturated rings. The van der Waals surface area contributed by atoms with Crippen molar-refractivity contribution in [1.82, 2.24) is 0 Å². The Bertz CT molecular complexity index is 368. The van der Waals surface area contributed by atoms with Gasteiger partial charge in [0.25, 0.3) is 0 Å². The van der Waals surface area contributed by atoms with E-state index in [2.05, 4.69) is 19.1 Å². The van der Waals surface area contributed by atoms with Gasteiger partial charge in [0.15, 0.2) is 0 Å². The second-order valence-corrected chi connectivity index (χ2v) is 4.19. The summed E-state index contributed by atoms with van der Waals surface area (Å²) in [6.45, 7) is 2.13. The molecule has 0 amide bonds. The second-order valence-electron chi connectivity index (χ2n) is 4.19. The minimum Gasteiger partial charge on any atom is -0.481 e. The van der Waals surface area contributed by atoms with Crippen molar-refractivity contribution in [3.63, 3.8) is 0 Å². The van der Waals surface area contributed by atoms with Crippen molar-refractivity contribution >= 4 is 12.3 Å². The summed E-state index contributed by atoms with van der Waals surface area (Å²) in [4.78, 5) is 21.2. The van der Waals surface area contributed by atoms with Gasteiger partial charge in [0.2, 0.25) is 0 Å². The van der Waals surface area contributed by atoms with Crippen LogP contribution in [0, 0.1) is 5.92 Å². The minimum absolute atomic E-state index is 0.367. The van der Waals surface area contributed by atoms with Crippen LogP contribution in [-0.2, 0) is 22.4 Å². The first kappa shape index (κ1) is 13.4. The lowest BCUT2D eigenvalue weighted by Crippen LogP contribution is -2.15. The molecule has 1 N–H and O–H groups in total. The molecule has 1 aromatic carbocycles. The molecule has 17 heavy (non-hydrogen) atoms. The third kappa shape index (κ3) is 4.39. The lowest BCUT2D eigenvalue weighted by atomic mass is 9.99. The largest absolute Gasteiger partial charge is 0.481 e. The summed E-state index contributed by atoms with van der Waals surface area (Å²) in [7, 11) is 0. The van der Waals surface area contributed by atoms with Gasteiger partial charge in [-0.2, -0.15) is 0 Å². The summed E-state index contributed by atoms with van der Waals surface area (Å²) >= 11 is 0. The van der Waals surface area contributed by atoms with Crippen LogP contribution in [0.5, 0.6) is 0 Å². The van der Waals surface area contributed by atoms with Crippen molar-refractivity contribution in [2.45, 2.75) is 32.6 Å². The molecule has 0 bridgehead atoms. The van der Waals surface area contributed by atoms with Crippen LogP contribution in [0.2, 0.25) is 0 Å². The van der Waals surface area contributed by atoms with E-state index in [4.69, 9.17) is 5.11 Å². The van der Waals surface area contributed by atoms with E-state index in [0.29, 0.717) is 19.1 Å². The van der Waals surface area contributed by atoms with Crippen LogP contribution in [0.4, 0.5) is 0 Å². The molecule has 1 aromatic rings. The molecule has 0 saturated carbocycles. The summed E-state index contributed by atoms with van der Waals surface area (Å²) in [5.41, 5.74) is 2.37. The number of carbonyl (C=O) groups excluding carboxylic acids is 1. The van der Waals surface area contributed by atoms with E-state index in [1.54, 1.807) is 0 Å². The summed E-state index contributed by atoms with van der Waals surface area (Å²) in [5.74, 6) is -1.92. The Labute approximate surface area is 101 Å². The molecule has 1 rings (SSSR count). The number of carboxylic acid groups (broad SMARTS) is 1. The average molecular weight is 234 g/mol. The van der Waals surface area contributed by atoms with Crippen molar-refractivity contribution in [3.8, 4) is 0 Å². The first-order valence-corrected chi connectivity index (χ1v) is 5.93. The Balaban J connectivity index is 2.51. The molecular formula is C14H18O3. The third-order valence-corrected chi connectivity index (χ3v) is 2.79. The number of hydrogen-bond acceptors (Lipinski definition) is 2. The summed E-state index contributed by atoms with van der Waals surface area (Å²) in [5, 5.41) is 8.73. The first-order chi connectivity index (χ1) is 8.17. The Morgan fingerprint density at radius 1 is 1.24 bits per heavy atom. The van der Waals surface area contributed by atoms with Crippen molar-refractivity contribution in [1.29, 1.82) is 0 Å². The third-order valence-electron chi connectivity index (χ3n) is 2.79. The Hall–Kier alpha value is -1.64. The fraction of sp³-hybridized carbons (Fsp3) is 0.429. The van der Waals surface area contributed by atoms with Gasteiger partial charge in [-0.05, 0) is 30.4 Å². The molecule has 0 heterocycles. The van der Waals surface area contributed by atoms with Crippen LogP contribution in [0.1, 0.15) is 30.9 Å². The van der Waals surface area contributed by atoms with Crippen LogP contribution >= 0.6 is 0 Å². The van der Waals surface area contributed by atoms with Crippen LogP contribution in [0.3, 0.4) is 0 Å². The Morgan fingerprint density at radius 3 is 2.18 bits per heavy atom. The predicted octanol–water partition coefficient (Wildman–Crippen LogP) is 2.47. The quantitative estimate of drug-likeness (QED) is 0.582. The molecule has 1 atom stereocenters. The number of carbonyl (C=O) groups is 2. The number of rotatable bonds is 7. The standard InChI is InChI=1S/C14H18O3/c1-2-3-11-4-6-12(7-5-11)8-9-13(10-15)14(16)17/h4-7,10,13H,2-3,8-9H2,1H3,(H,16,17). The highest BCUT2D eigenvalue weighted by Crippen LogP contribution is 2.11. The molecule has 0 aromatic heterocycles. The maximum absolute atomic E-state index is 10.7. The Morgan fingerprint density at radius 2 is 1.76 bits per heavy atom. The van der Waals surface area contributed by atoms with Gasteiger partial charge < -0.3 is 9.90 Å². The molecular weight excluding hydrogens is 216 g/mol. The maximum atomic E-state index is 10.7. The zero-order valence-electron chi connectivity index (χ0n) is 10.1. The molecule has 3 heteroatoms. The van der Waals surface area contributed by atoms with Gasteiger partial charge in [0, 0.05) is 0 Å². The molecule has 0 radical (unpaired) electrons. The van der Waals surface area contributed by atoms with Gasteiger partial charge in [0.1, 0.15) is 12.2 Å². The van der Waals surface area contributed by atoms with Gasteiger partial charge in [0.05, 0.1) is 0 Å². The maximum Gasteiger partial charge on any atom is 0.313 e. The minimum atomic E-state index is -1.04. The lowest BCUT2D eigenvalue weighted by molar-refractivity contribution is -0.143. The topological polar surface area (TPSA) is 54.4 Å². The van der Waals surface area contributed by atoms with E-state index in [1.165, 1.54) is 5.56 Å². The fourth-order valence-electron chi connectivity index (χ4n) is 1.73. The lowest BCUT2D eigenvalue weighted by Gasteiger charge is -2.06. The smallest absolute Gasteiger partial charge is 0.313 e. The number of aryl methyl sites for hydroxylation is 2. The van der Waals surface area contributed by atoms with Crippen LogP contribution < -0.4 is 0 Å². The van der Waals surface area contributed by atoms with Crippen LogP contribution in [0.15, 0.2) is 24.3 Å². The number of carboxylic acids is 1. The van der Waals surface area contributed by atoms with Crippen molar-refractivity contribution in [3.05, 3.63) is 35.4 Å².